The lowest BCUT2D eigenvalue weighted by Gasteiger charge is -2.24. The Hall–Kier alpha value is -4.73. The van der Waals surface area contributed by atoms with Crippen LogP contribution in [0.4, 0.5) is 9.52 Å². The molecule has 0 bridgehead atoms. The maximum absolute atomic E-state index is 13.9. The van der Waals surface area contributed by atoms with Crippen molar-refractivity contribution in [2.45, 2.75) is 12.6 Å². The lowest BCUT2D eigenvalue weighted by Crippen LogP contribution is -2.29. The number of nitrogens with zero attached hydrogens (tertiary/aromatic N) is 2. The van der Waals surface area contributed by atoms with Gasteiger partial charge >= 0.3 is 5.91 Å². The first kappa shape index (κ1) is 27.4. The molecule has 1 aliphatic rings. The average molecular weight is 601 g/mol. The number of anilines is 1. The molecule has 210 valence electrons. The number of fused-ring (bicyclic) bond motifs is 1. The third kappa shape index (κ3) is 5.08. The van der Waals surface area contributed by atoms with Crippen LogP contribution >= 0.6 is 22.9 Å². The average Bonchev–Trinajstić information content (AvgIpc) is 3.53. The number of carbonyl (C=O) groups is 2. The van der Waals surface area contributed by atoms with Crippen LogP contribution in [0.15, 0.2) is 96.6 Å². The molecule has 1 aromatic heterocycles. The summed E-state index contributed by atoms with van der Waals surface area (Å²) in [5.41, 5.74) is 2.08. The van der Waals surface area contributed by atoms with Crippen LogP contribution in [-0.4, -0.2) is 28.9 Å². The summed E-state index contributed by atoms with van der Waals surface area (Å²) >= 11 is 7.10. The number of aromatic nitrogens is 1. The molecule has 1 aliphatic heterocycles. The second-order valence-electron chi connectivity index (χ2n) is 9.47. The van der Waals surface area contributed by atoms with E-state index in [1.807, 2.05) is 30.3 Å². The van der Waals surface area contributed by atoms with Gasteiger partial charge in [-0.3, -0.25) is 14.5 Å². The highest BCUT2D eigenvalue weighted by Crippen LogP contribution is 2.46. The summed E-state index contributed by atoms with van der Waals surface area (Å²) in [4.78, 5) is 32.8. The minimum absolute atomic E-state index is 0.132. The summed E-state index contributed by atoms with van der Waals surface area (Å²) < 4.78 is 26.1. The number of carbonyl (C=O) groups excluding carboxylic acids is 2. The van der Waals surface area contributed by atoms with Gasteiger partial charge in [-0.05, 0) is 65.7 Å². The van der Waals surface area contributed by atoms with Crippen molar-refractivity contribution < 1.29 is 28.6 Å². The number of ether oxygens (including phenoxy) is 2. The molecule has 1 fully saturated rings. The molecule has 1 atom stereocenters. The SMILES string of the molecule is COc1cc(C2C(=C(O)c3ccc(Cl)cc3)C(=O)C(=O)N2c2nc3ccc(F)cc3s2)ccc1OCc1ccccc1. The van der Waals surface area contributed by atoms with E-state index in [0.29, 0.717) is 44.5 Å². The predicted molar refractivity (Wildman–Crippen MR) is 160 cm³/mol. The summed E-state index contributed by atoms with van der Waals surface area (Å²) in [6.07, 6.45) is 0. The van der Waals surface area contributed by atoms with Gasteiger partial charge in [-0.2, -0.15) is 0 Å². The van der Waals surface area contributed by atoms with Gasteiger partial charge in [-0.25, -0.2) is 9.37 Å². The number of benzene rings is 4. The van der Waals surface area contributed by atoms with E-state index in [9.17, 15) is 19.1 Å². The molecule has 1 amide bonds. The molecule has 0 spiro atoms. The van der Waals surface area contributed by atoms with E-state index in [1.54, 1.807) is 42.5 Å². The third-order valence-electron chi connectivity index (χ3n) is 6.85. The Morgan fingerprint density at radius 1 is 1.00 bits per heavy atom. The first-order chi connectivity index (χ1) is 20.3. The fourth-order valence-corrected chi connectivity index (χ4v) is 5.95. The van der Waals surface area contributed by atoms with E-state index in [-0.39, 0.29) is 16.5 Å². The van der Waals surface area contributed by atoms with Crippen molar-refractivity contribution in [3.63, 3.8) is 0 Å². The Balaban J connectivity index is 1.48. The van der Waals surface area contributed by atoms with E-state index < -0.39 is 23.5 Å². The molecule has 0 saturated carbocycles. The van der Waals surface area contributed by atoms with Crippen LogP contribution in [-0.2, 0) is 16.2 Å². The van der Waals surface area contributed by atoms with Crippen molar-refractivity contribution in [2.75, 3.05) is 12.0 Å². The Bertz CT molecular complexity index is 1860. The van der Waals surface area contributed by atoms with Gasteiger partial charge in [0.15, 0.2) is 16.6 Å². The molecule has 1 N–H and O–H groups in total. The lowest BCUT2D eigenvalue weighted by atomic mass is 9.95. The van der Waals surface area contributed by atoms with Gasteiger partial charge in [0.1, 0.15) is 18.2 Å². The topological polar surface area (TPSA) is 89.0 Å². The van der Waals surface area contributed by atoms with Gasteiger partial charge in [0, 0.05) is 10.6 Å². The number of thiazole rings is 1. The Kier molecular flexibility index (Phi) is 7.36. The molecule has 7 nitrogen and oxygen atoms in total. The van der Waals surface area contributed by atoms with Crippen LogP contribution in [0.2, 0.25) is 5.02 Å². The summed E-state index contributed by atoms with van der Waals surface area (Å²) in [5.74, 6) is -1.76. The number of hydrogen-bond acceptors (Lipinski definition) is 7. The largest absolute Gasteiger partial charge is 0.507 e. The zero-order valence-corrected chi connectivity index (χ0v) is 23.7. The summed E-state index contributed by atoms with van der Waals surface area (Å²) in [6.45, 7) is 0.299. The van der Waals surface area contributed by atoms with E-state index in [1.165, 1.54) is 30.2 Å². The van der Waals surface area contributed by atoms with E-state index in [2.05, 4.69) is 4.98 Å². The lowest BCUT2D eigenvalue weighted by molar-refractivity contribution is -0.132. The highest BCUT2D eigenvalue weighted by atomic mass is 35.5. The van der Waals surface area contributed by atoms with Crippen molar-refractivity contribution in [2.24, 2.45) is 0 Å². The number of hydrogen-bond donors (Lipinski definition) is 1. The van der Waals surface area contributed by atoms with E-state index >= 15 is 0 Å². The van der Waals surface area contributed by atoms with Crippen LogP contribution < -0.4 is 14.4 Å². The van der Waals surface area contributed by atoms with Crippen molar-refractivity contribution >= 4 is 55.7 Å². The maximum Gasteiger partial charge on any atom is 0.301 e. The number of halogens is 2. The van der Waals surface area contributed by atoms with Crippen molar-refractivity contribution in [3.8, 4) is 11.5 Å². The Labute approximate surface area is 249 Å². The molecule has 10 heteroatoms. The minimum atomic E-state index is -1.07. The quantitative estimate of drug-likeness (QED) is 0.120. The zero-order valence-electron chi connectivity index (χ0n) is 22.1. The molecule has 42 heavy (non-hydrogen) atoms. The molecule has 6 rings (SSSR count). The van der Waals surface area contributed by atoms with Crippen molar-refractivity contribution in [3.05, 3.63) is 124 Å². The van der Waals surface area contributed by atoms with Gasteiger partial charge in [-0.1, -0.05) is 59.3 Å². The van der Waals surface area contributed by atoms with Gasteiger partial charge in [0.25, 0.3) is 5.78 Å². The van der Waals surface area contributed by atoms with Gasteiger partial charge < -0.3 is 14.6 Å². The molecule has 5 aromatic rings. The number of aliphatic hydroxyl groups is 1. The van der Waals surface area contributed by atoms with Gasteiger partial charge in [0.2, 0.25) is 0 Å². The van der Waals surface area contributed by atoms with E-state index in [0.717, 1.165) is 16.9 Å². The van der Waals surface area contributed by atoms with Crippen LogP contribution in [0.3, 0.4) is 0 Å². The molecule has 1 unspecified atom stereocenters. The number of aliphatic hydroxyl groups excluding tert-OH is 1. The van der Waals surface area contributed by atoms with E-state index in [4.69, 9.17) is 21.1 Å². The van der Waals surface area contributed by atoms with Gasteiger partial charge in [-0.15, -0.1) is 0 Å². The van der Waals surface area contributed by atoms with Gasteiger partial charge in [0.05, 0.1) is 28.9 Å². The summed E-state index contributed by atoms with van der Waals surface area (Å²) in [5, 5.41) is 12.0. The number of amides is 1. The van der Waals surface area contributed by atoms with Crippen LogP contribution in [0.25, 0.3) is 16.0 Å². The van der Waals surface area contributed by atoms with Crippen LogP contribution in [0.5, 0.6) is 11.5 Å². The molecule has 1 saturated heterocycles. The second kappa shape index (κ2) is 11.3. The number of Topliss-reactive ketones (excluding diaryl/α,β-unsaturated/α-hetero) is 1. The predicted octanol–water partition coefficient (Wildman–Crippen LogP) is 7.30. The molecule has 0 radical (unpaired) electrons. The standard InChI is InChI=1S/C32H22ClFN2O5S/c1-40-25-15-20(9-14-24(25)41-17-18-5-3-2-4-6-18)28-27(29(37)19-7-10-21(33)11-8-19)30(38)31(39)36(28)32-35-23-13-12-22(34)16-26(23)42-32/h2-16,28,37H,17H2,1H3. The fourth-order valence-electron chi connectivity index (χ4n) is 4.81. The highest BCUT2D eigenvalue weighted by Gasteiger charge is 2.48. The van der Waals surface area contributed by atoms with Crippen molar-refractivity contribution in [1.82, 2.24) is 4.98 Å². The fraction of sp³-hybridized carbons (Fsp3) is 0.0938. The first-order valence-electron chi connectivity index (χ1n) is 12.8. The molecular formula is C32H22ClFN2O5S. The Morgan fingerprint density at radius 3 is 2.50 bits per heavy atom. The normalized spacial score (nSPS) is 16.3. The zero-order chi connectivity index (χ0) is 29.4. The maximum atomic E-state index is 13.9. The molecular weight excluding hydrogens is 579 g/mol. The number of methoxy groups -OCH3 is 1. The Morgan fingerprint density at radius 2 is 1.76 bits per heavy atom. The molecule has 0 aliphatic carbocycles. The number of ketones is 1. The summed E-state index contributed by atoms with van der Waals surface area (Å²) in [7, 11) is 1.49. The monoisotopic (exact) mass is 600 g/mol. The van der Waals surface area contributed by atoms with Crippen LogP contribution in [0.1, 0.15) is 22.7 Å². The minimum Gasteiger partial charge on any atom is -0.507 e. The third-order valence-corrected chi connectivity index (χ3v) is 8.12. The number of rotatable bonds is 7. The highest BCUT2D eigenvalue weighted by molar-refractivity contribution is 7.22. The molecule has 2 heterocycles. The summed E-state index contributed by atoms with van der Waals surface area (Å²) in [6, 6.07) is 24.0. The smallest absolute Gasteiger partial charge is 0.301 e. The second-order valence-corrected chi connectivity index (χ2v) is 10.9. The molecule has 4 aromatic carbocycles. The van der Waals surface area contributed by atoms with Crippen molar-refractivity contribution in [1.29, 1.82) is 0 Å². The van der Waals surface area contributed by atoms with Crippen LogP contribution in [0, 0.1) is 5.82 Å². The first-order valence-corrected chi connectivity index (χ1v) is 14.0.